The number of hydrogen-bond donors (Lipinski definition) is 2. The molecule has 2 atom stereocenters. The third-order valence-corrected chi connectivity index (χ3v) is 6.98. The topological polar surface area (TPSA) is 120 Å². The van der Waals surface area contributed by atoms with Crippen molar-refractivity contribution < 1.29 is 60.1 Å². The van der Waals surface area contributed by atoms with Crippen molar-refractivity contribution in [1.29, 1.82) is 0 Å². The van der Waals surface area contributed by atoms with Gasteiger partial charge >= 0.3 is 24.3 Å². The summed E-state index contributed by atoms with van der Waals surface area (Å²) < 4.78 is 84.0. The van der Waals surface area contributed by atoms with Crippen LogP contribution in [0.1, 0.15) is 31.2 Å². The quantitative estimate of drug-likeness (QED) is 0.501. The lowest BCUT2D eigenvalue weighted by atomic mass is 9.77. The smallest absolute Gasteiger partial charge is 0.475 e. The highest BCUT2D eigenvalue weighted by Gasteiger charge is 2.54. The largest absolute Gasteiger partial charge is 0.490 e. The van der Waals surface area contributed by atoms with E-state index < -0.39 is 30.0 Å². The Hall–Kier alpha value is -3.01. The number of alkyl halides is 7. The lowest BCUT2D eigenvalue weighted by Gasteiger charge is -2.37. The number of carboxylic acid groups (broad SMARTS) is 2. The maximum absolute atomic E-state index is 14.6. The van der Waals surface area contributed by atoms with Gasteiger partial charge in [0, 0.05) is 49.9 Å². The summed E-state index contributed by atoms with van der Waals surface area (Å²) in [5, 5.41) is 14.2. The molecular weight excluding hydrogens is 559 g/mol. The van der Waals surface area contributed by atoms with Crippen LogP contribution in [0.3, 0.4) is 0 Å². The van der Waals surface area contributed by atoms with E-state index in [-0.39, 0.29) is 11.3 Å². The predicted molar refractivity (Wildman–Crippen MR) is 124 cm³/mol. The van der Waals surface area contributed by atoms with Gasteiger partial charge in [0.05, 0.1) is 13.2 Å². The fraction of sp³-hybridized carbons (Fsp3) is 0.667. The van der Waals surface area contributed by atoms with Gasteiger partial charge in [0.1, 0.15) is 0 Å². The Morgan fingerprint density at radius 2 is 1.62 bits per heavy atom. The molecule has 226 valence electrons. The summed E-state index contributed by atoms with van der Waals surface area (Å²) in [5.41, 5.74) is -0.470. The Morgan fingerprint density at radius 1 is 1.05 bits per heavy atom. The number of carbonyl (C=O) groups excluding carboxylic acids is 1. The number of hydrogen-bond acceptors (Lipinski definition) is 6. The highest BCUT2D eigenvalue weighted by molar-refractivity contribution is 5.86. The first-order valence-corrected chi connectivity index (χ1v) is 12.1. The molecule has 1 saturated carbocycles. The van der Waals surface area contributed by atoms with E-state index in [1.807, 2.05) is 18.3 Å². The van der Waals surface area contributed by atoms with Gasteiger partial charge in [-0.3, -0.25) is 9.78 Å². The van der Waals surface area contributed by atoms with Gasteiger partial charge < -0.3 is 24.7 Å². The van der Waals surface area contributed by atoms with Gasteiger partial charge in [0.25, 0.3) is 5.91 Å². The normalized spacial score (nSPS) is 23.9. The molecule has 1 amide bonds. The molecule has 1 spiro atoms. The van der Waals surface area contributed by atoms with Gasteiger partial charge in [-0.25, -0.2) is 14.0 Å². The zero-order valence-electron chi connectivity index (χ0n) is 21.5. The fourth-order valence-corrected chi connectivity index (χ4v) is 4.85. The van der Waals surface area contributed by atoms with Crippen LogP contribution >= 0.6 is 0 Å². The molecule has 40 heavy (non-hydrogen) atoms. The van der Waals surface area contributed by atoms with E-state index in [0.29, 0.717) is 45.1 Å². The van der Waals surface area contributed by atoms with E-state index >= 15 is 0 Å². The number of amides is 1. The molecule has 1 aliphatic carbocycles. The van der Waals surface area contributed by atoms with Gasteiger partial charge in [-0.15, -0.1) is 0 Å². The lowest BCUT2D eigenvalue weighted by molar-refractivity contribution is -0.193. The minimum Gasteiger partial charge on any atom is -0.475 e. The van der Waals surface area contributed by atoms with Crippen LogP contribution in [0.5, 0.6) is 0 Å². The van der Waals surface area contributed by atoms with E-state index in [1.165, 1.54) is 0 Å². The van der Waals surface area contributed by atoms with E-state index in [0.717, 1.165) is 31.5 Å². The van der Waals surface area contributed by atoms with Crippen LogP contribution in [0, 0.1) is 11.3 Å². The van der Waals surface area contributed by atoms with Crippen molar-refractivity contribution in [3.8, 4) is 0 Å². The summed E-state index contributed by atoms with van der Waals surface area (Å²) in [6.07, 6.45) is -4.02. The molecule has 3 fully saturated rings. The van der Waals surface area contributed by atoms with Crippen molar-refractivity contribution in [3.63, 3.8) is 0 Å². The van der Waals surface area contributed by atoms with Crippen molar-refractivity contribution in [2.75, 3.05) is 39.8 Å². The van der Waals surface area contributed by atoms with Crippen LogP contribution in [0.4, 0.5) is 30.7 Å². The molecule has 0 aromatic carbocycles. The second-order valence-corrected chi connectivity index (χ2v) is 10.0. The van der Waals surface area contributed by atoms with Gasteiger partial charge in [0.2, 0.25) is 0 Å². The molecule has 0 radical (unpaired) electrons. The first-order chi connectivity index (χ1) is 18.4. The molecule has 9 nitrogen and oxygen atoms in total. The highest BCUT2D eigenvalue weighted by atomic mass is 19.4. The van der Waals surface area contributed by atoms with Crippen molar-refractivity contribution in [2.24, 2.45) is 11.3 Å². The number of likely N-dealkylation sites (tertiary alicyclic amines) is 2. The van der Waals surface area contributed by atoms with E-state index in [4.69, 9.17) is 24.5 Å². The zero-order chi connectivity index (χ0) is 30.4. The molecular formula is C24H30F7N3O6. The molecule has 3 heterocycles. The monoisotopic (exact) mass is 589 g/mol. The number of aliphatic carboxylic acids is 2. The van der Waals surface area contributed by atoms with Crippen LogP contribution in [0.25, 0.3) is 0 Å². The SMILES string of the molecule is CN1C[C@@H](COCc2cccnc2)[C@]2(CCN(C(=O)C3(F)CCC3)C2)C1.O=C(O)C(F)(F)F.O=C(O)C(F)(F)F. The summed E-state index contributed by atoms with van der Waals surface area (Å²) >= 11 is 0. The second-order valence-electron chi connectivity index (χ2n) is 10.0. The summed E-state index contributed by atoms with van der Waals surface area (Å²) in [5.74, 6) is -5.41. The predicted octanol–water partition coefficient (Wildman–Crippen LogP) is 3.54. The number of aromatic nitrogens is 1. The highest BCUT2D eigenvalue weighted by Crippen LogP contribution is 2.46. The summed E-state index contributed by atoms with van der Waals surface area (Å²) in [4.78, 5) is 38.6. The van der Waals surface area contributed by atoms with E-state index in [9.17, 15) is 35.5 Å². The van der Waals surface area contributed by atoms with Crippen molar-refractivity contribution in [2.45, 2.75) is 50.3 Å². The van der Waals surface area contributed by atoms with Crippen LogP contribution < -0.4 is 0 Å². The summed E-state index contributed by atoms with van der Waals surface area (Å²) in [6, 6.07) is 3.93. The van der Waals surface area contributed by atoms with Gasteiger partial charge in [0.15, 0.2) is 5.67 Å². The standard InChI is InChI=1S/C20H28FN3O2.2C2HF3O2/c1-23-11-17(13-26-12-16-4-2-8-22-10-16)19(14-23)7-9-24(15-19)18(25)20(21)5-3-6-20;2*3-2(4,5)1(6)7/h2,4,8,10,17H,3,5-7,9,11-15H2,1H3;2*(H,6,7)/t17-,19+;;/m0../s1. The number of carboxylic acids is 2. The van der Waals surface area contributed by atoms with Gasteiger partial charge in [-0.2, -0.15) is 26.3 Å². The van der Waals surface area contributed by atoms with Gasteiger partial charge in [-0.1, -0.05) is 6.07 Å². The number of rotatable bonds is 5. The number of halogens is 7. The van der Waals surface area contributed by atoms with Crippen molar-refractivity contribution >= 4 is 17.8 Å². The molecule has 0 unspecified atom stereocenters. The average Bonchev–Trinajstić information content (AvgIpc) is 3.39. The molecule has 3 aliphatic rings. The number of ether oxygens (including phenoxy) is 1. The van der Waals surface area contributed by atoms with Crippen LogP contribution in [-0.4, -0.2) is 101 Å². The summed E-state index contributed by atoms with van der Waals surface area (Å²) in [6.45, 7) is 4.50. The lowest BCUT2D eigenvalue weighted by Crippen LogP contribution is -2.50. The van der Waals surface area contributed by atoms with Crippen molar-refractivity contribution in [3.05, 3.63) is 30.1 Å². The molecule has 1 aromatic rings. The molecule has 2 N–H and O–H groups in total. The van der Waals surface area contributed by atoms with Crippen LogP contribution in [-0.2, 0) is 25.7 Å². The molecule has 2 aliphatic heterocycles. The Bertz CT molecular complexity index is 996. The minimum atomic E-state index is -5.08. The number of carbonyl (C=O) groups is 3. The van der Waals surface area contributed by atoms with Crippen molar-refractivity contribution in [1.82, 2.24) is 14.8 Å². The first-order valence-electron chi connectivity index (χ1n) is 12.1. The second kappa shape index (κ2) is 13.1. The van der Waals surface area contributed by atoms with E-state index in [1.54, 1.807) is 11.1 Å². The third-order valence-electron chi connectivity index (χ3n) is 6.98. The van der Waals surface area contributed by atoms with Crippen LogP contribution in [0.15, 0.2) is 24.5 Å². The third kappa shape index (κ3) is 9.01. The Balaban J connectivity index is 0.000000333. The Morgan fingerprint density at radius 3 is 2.08 bits per heavy atom. The first kappa shape index (κ1) is 33.2. The fourth-order valence-electron chi connectivity index (χ4n) is 4.85. The van der Waals surface area contributed by atoms with Gasteiger partial charge in [-0.05, 0) is 44.4 Å². The molecule has 0 bridgehead atoms. The van der Waals surface area contributed by atoms with E-state index in [2.05, 4.69) is 16.9 Å². The average molecular weight is 590 g/mol. The number of nitrogens with zero attached hydrogens (tertiary/aromatic N) is 3. The maximum atomic E-state index is 14.6. The molecule has 1 aromatic heterocycles. The molecule has 4 rings (SSSR count). The zero-order valence-corrected chi connectivity index (χ0v) is 21.5. The number of pyridine rings is 1. The Labute approximate surface area is 224 Å². The minimum absolute atomic E-state index is 0.0411. The molecule has 16 heteroatoms. The molecule has 2 saturated heterocycles. The summed E-state index contributed by atoms with van der Waals surface area (Å²) in [7, 11) is 2.12. The Kier molecular flexibility index (Phi) is 10.9. The van der Waals surface area contributed by atoms with Crippen LogP contribution in [0.2, 0.25) is 0 Å². The maximum Gasteiger partial charge on any atom is 0.490 e.